The predicted molar refractivity (Wildman–Crippen MR) is 62.6 cm³/mol. The Hall–Kier alpha value is -0.0800. The Morgan fingerprint density at radius 1 is 1.29 bits per heavy atom. The Labute approximate surface area is 89.1 Å². The van der Waals surface area contributed by atoms with Crippen LogP contribution < -0.4 is 5.32 Å². The van der Waals surface area contributed by atoms with Gasteiger partial charge in [-0.3, -0.25) is 0 Å². The molecule has 1 saturated heterocycles. The summed E-state index contributed by atoms with van der Waals surface area (Å²) in [5.74, 6) is 1.00. The van der Waals surface area contributed by atoms with Gasteiger partial charge in [0, 0.05) is 19.1 Å². The third kappa shape index (κ3) is 4.43. The van der Waals surface area contributed by atoms with Crippen LogP contribution in [0.2, 0.25) is 0 Å². The molecule has 0 radical (unpaired) electrons. The molecule has 0 atom stereocenters. The fourth-order valence-electron chi connectivity index (χ4n) is 2.13. The van der Waals surface area contributed by atoms with Gasteiger partial charge in [-0.05, 0) is 31.8 Å². The number of nitrogens with zero attached hydrogens (tertiary/aromatic N) is 1. The van der Waals surface area contributed by atoms with Crippen molar-refractivity contribution in [2.45, 2.75) is 46.1 Å². The largest absolute Gasteiger partial charge is 0.313 e. The average Bonchev–Trinajstić information content (AvgIpc) is 2.18. The quantitative estimate of drug-likeness (QED) is 0.728. The molecule has 0 amide bonds. The standard InChI is InChI=1S/C12H26N2/c1-4-12-5-8-14(9-6-12)10-7-13-11(2)3/h11-13H,4-10H2,1-3H3. The second kappa shape index (κ2) is 6.41. The van der Waals surface area contributed by atoms with Crippen LogP contribution in [0.15, 0.2) is 0 Å². The number of likely N-dealkylation sites (tertiary alicyclic amines) is 1. The minimum atomic E-state index is 0.628. The van der Waals surface area contributed by atoms with Gasteiger partial charge in [-0.2, -0.15) is 0 Å². The van der Waals surface area contributed by atoms with Gasteiger partial charge in [0.05, 0.1) is 0 Å². The molecule has 0 unspecified atom stereocenters. The van der Waals surface area contributed by atoms with Crippen molar-refractivity contribution in [3.05, 3.63) is 0 Å². The topological polar surface area (TPSA) is 15.3 Å². The van der Waals surface area contributed by atoms with Crippen LogP contribution in [0.4, 0.5) is 0 Å². The van der Waals surface area contributed by atoms with Crippen LogP contribution in [-0.4, -0.2) is 37.1 Å². The molecular weight excluding hydrogens is 172 g/mol. The van der Waals surface area contributed by atoms with Gasteiger partial charge >= 0.3 is 0 Å². The lowest BCUT2D eigenvalue weighted by molar-refractivity contribution is 0.181. The molecule has 0 aromatic carbocycles. The third-order valence-electron chi connectivity index (χ3n) is 3.27. The van der Waals surface area contributed by atoms with E-state index in [-0.39, 0.29) is 0 Å². The highest BCUT2D eigenvalue weighted by atomic mass is 15.1. The summed E-state index contributed by atoms with van der Waals surface area (Å²) < 4.78 is 0. The van der Waals surface area contributed by atoms with Crippen molar-refractivity contribution in [1.29, 1.82) is 0 Å². The smallest absolute Gasteiger partial charge is 0.0107 e. The van der Waals surface area contributed by atoms with E-state index < -0.39 is 0 Å². The minimum absolute atomic E-state index is 0.628. The molecule has 2 heteroatoms. The lowest BCUT2D eigenvalue weighted by Gasteiger charge is -2.31. The maximum absolute atomic E-state index is 3.48. The minimum Gasteiger partial charge on any atom is -0.313 e. The maximum atomic E-state index is 3.48. The number of piperidine rings is 1. The van der Waals surface area contributed by atoms with Crippen LogP contribution in [0.1, 0.15) is 40.0 Å². The Morgan fingerprint density at radius 3 is 2.43 bits per heavy atom. The number of hydrogen-bond donors (Lipinski definition) is 1. The Balaban J connectivity index is 2.04. The van der Waals surface area contributed by atoms with Gasteiger partial charge < -0.3 is 10.2 Å². The lowest BCUT2D eigenvalue weighted by atomic mass is 9.94. The SMILES string of the molecule is CCC1CCN(CCNC(C)C)CC1. The molecule has 1 aliphatic heterocycles. The van der Waals surface area contributed by atoms with Gasteiger partial charge in [0.15, 0.2) is 0 Å². The lowest BCUT2D eigenvalue weighted by Crippen LogP contribution is -2.39. The van der Waals surface area contributed by atoms with Gasteiger partial charge in [-0.1, -0.05) is 27.2 Å². The molecule has 1 heterocycles. The van der Waals surface area contributed by atoms with Gasteiger partial charge in [0.2, 0.25) is 0 Å². The predicted octanol–water partition coefficient (Wildman–Crippen LogP) is 2.11. The average molecular weight is 198 g/mol. The Bertz CT molecular complexity index is 137. The molecular formula is C12H26N2. The van der Waals surface area contributed by atoms with E-state index in [0.717, 1.165) is 12.5 Å². The molecule has 0 aromatic heterocycles. The first-order valence-corrected chi connectivity index (χ1v) is 6.18. The molecule has 0 aliphatic carbocycles. The fraction of sp³-hybridized carbons (Fsp3) is 1.00. The van der Waals surface area contributed by atoms with Crippen molar-refractivity contribution in [2.24, 2.45) is 5.92 Å². The van der Waals surface area contributed by atoms with Crippen molar-refractivity contribution in [3.63, 3.8) is 0 Å². The van der Waals surface area contributed by atoms with Crippen molar-refractivity contribution < 1.29 is 0 Å². The summed E-state index contributed by atoms with van der Waals surface area (Å²) in [5, 5.41) is 3.48. The molecule has 1 N–H and O–H groups in total. The Kier molecular flexibility index (Phi) is 5.49. The van der Waals surface area contributed by atoms with Gasteiger partial charge in [0.25, 0.3) is 0 Å². The molecule has 2 nitrogen and oxygen atoms in total. The first kappa shape index (κ1) is 12.0. The fourth-order valence-corrected chi connectivity index (χ4v) is 2.13. The molecule has 0 spiro atoms. The molecule has 0 bridgehead atoms. The summed E-state index contributed by atoms with van der Waals surface area (Å²) >= 11 is 0. The third-order valence-corrected chi connectivity index (χ3v) is 3.27. The van der Waals surface area contributed by atoms with Gasteiger partial charge in [-0.15, -0.1) is 0 Å². The monoisotopic (exact) mass is 198 g/mol. The zero-order valence-electron chi connectivity index (χ0n) is 10.1. The number of hydrogen-bond acceptors (Lipinski definition) is 2. The van der Waals surface area contributed by atoms with Crippen LogP contribution in [0.25, 0.3) is 0 Å². The highest BCUT2D eigenvalue weighted by Gasteiger charge is 2.16. The van der Waals surface area contributed by atoms with Crippen molar-refractivity contribution >= 4 is 0 Å². The summed E-state index contributed by atoms with van der Waals surface area (Å²) in [6, 6.07) is 0.628. The van der Waals surface area contributed by atoms with Crippen LogP contribution in [0.5, 0.6) is 0 Å². The number of rotatable bonds is 5. The van der Waals surface area contributed by atoms with E-state index in [1.54, 1.807) is 0 Å². The normalized spacial score (nSPS) is 20.6. The molecule has 1 aliphatic rings. The van der Waals surface area contributed by atoms with Crippen molar-refractivity contribution in [2.75, 3.05) is 26.2 Å². The highest BCUT2D eigenvalue weighted by Crippen LogP contribution is 2.19. The molecule has 84 valence electrons. The van der Waals surface area contributed by atoms with E-state index >= 15 is 0 Å². The van der Waals surface area contributed by atoms with Crippen LogP contribution >= 0.6 is 0 Å². The molecule has 0 saturated carbocycles. The zero-order chi connectivity index (χ0) is 10.4. The molecule has 1 fully saturated rings. The van der Waals surface area contributed by atoms with E-state index in [2.05, 4.69) is 31.0 Å². The highest BCUT2D eigenvalue weighted by molar-refractivity contribution is 4.72. The van der Waals surface area contributed by atoms with Crippen LogP contribution in [0, 0.1) is 5.92 Å². The summed E-state index contributed by atoms with van der Waals surface area (Å²) in [5.41, 5.74) is 0. The maximum Gasteiger partial charge on any atom is 0.0107 e. The van der Waals surface area contributed by atoms with E-state index in [0.29, 0.717) is 6.04 Å². The molecule has 0 aromatic rings. The second-order valence-electron chi connectivity index (χ2n) is 4.80. The number of nitrogens with one attached hydrogen (secondary N) is 1. The van der Waals surface area contributed by atoms with E-state index in [4.69, 9.17) is 0 Å². The van der Waals surface area contributed by atoms with Gasteiger partial charge in [-0.25, -0.2) is 0 Å². The first-order valence-electron chi connectivity index (χ1n) is 6.18. The first-order chi connectivity index (χ1) is 6.72. The zero-order valence-corrected chi connectivity index (χ0v) is 10.1. The summed E-state index contributed by atoms with van der Waals surface area (Å²) in [6.07, 6.45) is 4.20. The Morgan fingerprint density at radius 2 is 1.93 bits per heavy atom. The van der Waals surface area contributed by atoms with Crippen molar-refractivity contribution in [1.82, 2.24) is 10.2 Å². The summed E-state index contributed by atoms with van der Waals surface area (Å²) in [7, 11) is 0. The van der Waals surface area contributed by atoms with Crippen molar-refractivity contribution in [3.8, 4) is 0 Å². The summed E-state index contributed by atoms with van der Waals surface area (Å²) in [6.45, 7) is 11.8. The summed E-state index contributed by atoms with van der Waals surface area (Å²) in [4.78, 5) is 2.60. The van der Waals surface area contributed by atoms with Crippen LogP contribution in [0.3, 0.4) is 0 Å². The second-order valence-corrected chi connectivity index (χ2v) is 4.80. The van der Waals surface area contributed by atoms with E-state index in [9.17, 15) is 0 Å². The van der Waals surface area contributed by atoms with Crippen LogP contribution in [-0.2, 0) is 0 Å². The molecule has 1 rings (SSSR count). The van der Waals surface area contributed by atoms with E-state index in [1.165, 1.54) is 38.9 Å². The van der Waals surface area contributed by atoms with E-state index in [1.807, 2.05) is 0 Å². The van der Waals surface area contributed by atoms with Gasteiger partial charge in [0.1, 0.15) is 0 Å². The molecule has 14 heavy (non-hydrogen) atoms.